The summed E-state index contributed by atoms with van der Waals surface area (Å²) < 4.78 is 0. The standard InChI is InChI=1S/C12H18O/c13-11-7-9-4-5-10-3-1-2-6-12(10,11)8-9/h9-10H,1-8H2. The molecule has 0 N–H and O–H groups in total. The highest BCUT2D eigenvalue weighted by Gasteiger charge is 2.54. The van der Waals surface area contributed by atoms with Crippen LogP contribution in [0.5, 0.6) is 0 Å². The molecule has 3 aliphatic rings. The molecular formula is C12H18O. The van der Waals surface area contributed by atoms with Gasteiger partial charge in [-0.1, -0.05) is 12.8 Å². The van der Waals surface area contributed by atoms with E-state index in [9.17, 15) is 4.79 Å². The van der Waals surface area contributed by atoms with Gasteiger partial charge in [0.1, 0.15) is 5.78 Å². The lowest BCUT2D eigenvalue weighted by Gasteiger charge is -2.43. The third-order valence-electron chi connectivity index (χ3n) is 4.81. The fourth-order valence-electron chi connectivity index (χ4n) is 4.18. The van der Waals surface area contributed by atoms with Crippen LogP contribution < -0.4 is 0 Å². The predicted molar refractivity (Wildman–Crippen MR) is 51.4 cm³/mol. The SMILES string of the molecule is O=C1CC2CCC3CCCCC13C2. The van der Waals surface area contributed by atoms with E-state index in [2.05, 4.69) is 0 Å². The van der Waals surface area contributed by atoms with E-state index in [1.165, 1.54) is 44.9 Å². The van der Waals surface area contributed by atoms with Crippen LogP contribution in [0.2, 0.25) is 0 Å². The highest BCUT2D eigenvalue weighted by molar-refractivity contribution is 5.88. The highest BCUT2D eigenvalue weighted by atomic mass is 16.1. The Kier molecular flexibility index (Phi) is 1.59. The topological polar surface area (TPSA) is 17.1 Å². The molecule has 3 rings (SSSR count). The summed E-state index contributed by atoms with van der Waals surface area (Å²) in [6.07, 6.45) is 10.2. The lowest BCUT2D eigenvalue weighted by atomic mass is 9.60. The fraction of sp³-hybridized carbons (Fsp3) is 0.917. The van der Waals surface area contributed by atoms with Crippen molar-refractivity contribution in [3.05, 3.63) is 0 Å². The molecule has 0 aliphatic heterocycles. The van der Waals surface area contributed by atoms with E-state index in [1.54, 1.807) is 0 Å². The molecule has 0 amide bonds. The van der Waals surface area contributed by atoms with Crippen LogP contribution in [0.15, 0.2) is 0 Å². The fourth-order valence-corrected chi connectivity index (χ4v) is 4.18. The van der Waals surface area contributed by atoms with Crippen molar-refractivity contribution >= 4 is 5.78 Å². The smallest absolute Gasteiger partial charge is 0.139 e. The van der Waals surface area contributed by atoms with E-state index >= 15 is 0 Å². The molecule has 3 aliphatic carbocycles. The van der Waals surface area contributed by atoms with Gasteiger partial charge in [0.05, 0.1) is 0 Å². The Morgan fingerprint density at radius 3 is 3.00 bits per heavy atom. The quantitative estimate of drug-likeness (QED) is 0.557. The van der Waals surface area contributed by atoms with Gasteiger partial charge in [-0.2, -0.15) is 0 Å². The van der Waals surface area contributed by atoms with Crippen LogP contribution in [-0.2, 0) is 4.79 Å². The Hall–Kier alpha value is -0.330. The van der Waals surface area contributed by atoms with E-state index in [4.69, 9.17) is 0 Å². The third-order valence-corrected chi connectivity index (χ3v) is 4.81. The molecule has 2 bridgehead atoms. The lowest BCUT2D eigenvalue weighted by Crippen LogP contribution is -2.39. The minimum atomic E-state index is 0.209. The zero-order valence-electron chi connectivity index (χ0n) is 8.22. The molecule has 1 heteroatoms. The second-order valence-corrected chi connectivity index (χ2v) is 5.37. The average Bonchev–Trinajstić information content (AvgIpc) is 2.38. The Bertz CT molecular complexity index is 246. The number of Topliss-reactive ketones (excluding diaryl/α,β-unsaturated/α-hetero) is 1. The Labute approximate surface area is 79.9 Å². The van der Waals surface area contributed by atoms with Gasteiger partial charge >= 0.3 is 0 Å². The predicted octanol–water partition coefficient (Wildman–Crippen LogP) is 2.94. The Morgan fingerprint density at radius 2 is 2.08 bits per heavy atom. The van der Waals surface area contributed by atoms with Gasteiger partial charge < -0.3 is 0 Å². The number of hydrogen-bond acceptors (Lipinski definition) is 1. The number of fused-ring (bicyclic) bond motifs is 1. The second kappa shape index (κ2) is 2.59. The molecule has 0 saturated heterocycles. The third kappa shape index (κ3) is 0.963. The lowest BCUT2D eigenvalue weighted by molar-refractivity contribution is -0.130. The van der Waals surface area contributed by atoms with Crippen LogP contribution in [0.3, 0.4) is 0 Å². The van der Waals surface area contributed by atoms with Gasteiger partial charge in [0, 0.05) is 11.8 Å². The number of ketones is 1. The normalized spacial score (nSPS) is 49.1. The number of hydrogen-bond donors (Lipinski definition) is 0. The molecule has 3 fully saturated rings. The molecule has 1 spiro atoms. The summed E-state index contributed by atoms with van der Waals surface area (Å²) in [5.41, 5.74) is 0.209. The van der Waals surface area contributed by atoms with Crippen LogP contribution in [0.4, 0.5) is 0 Å². The summed E-state index contributed by atoms with van der Waals surface area (Å²) in [4.78, 5) is 12.0. The van der Waals surface area contributed by atoms with Crippen LogP contribution in [0.1, 0.15) is 51.4 Å². The zero-order chi connectivity index (χ0) is 8.89. The summed E-state index contributed by atoms with van der Waals surface area (Å²) in [7, 11) is 0. The van der Waals surface area contributed by atoms with Gasteiger partial charge in [-0.3, -0.25) is 4.79 Å². The van der Waals surface area contributed by atoms with Gasteiger partial charge in [0.2, 0.25) is 0 Å². The van der Waals surface area contributed by atoms with Gasteiger partial charge in [-0.05, 0) is 43.9 Å². The first-order valence-corrected chi connectivity index (χ1v) is 5.84. The summed E-state index contributed by atoms with van der Waals surface area (Å²) in [6.45, 7) is 0. The van der Waals surface area contributed by atoms with Gasteiger partial charge in [-0.15, -0.1) is 0 Å². The van der Waals surface area contributed by atoms with Crippen molar-refractivity contribution < 1.29 is 4.79 Å². The Morgan fingerprint density at radius 1 is 1.15 bits per heavy atom. The molecule has 13 heavy (non-hydrogen) atoms. The summed E-state index contributed by atoms with van der Waals surface area (Å²) in [6, 6.07) is 0. The van der Waals surface area contributed by atoms with Crippen LogP contribution >= 0.6 is 0 Å². The van der Waals surface area contributed by atoms with Crippen molar-refractivity contribution in [3.63, 3.8) is 0 Å². The maximum absolute atomic E-state index is 12.0. The second-order valence-electron chi connectivity index (χ2n) is 5.37. The first-order chi connectivity index (χ1) is 6.31. The number of rotatable bonds is 0. The maximum Gasteiger partial charge on any atom is 0.139 e. The first kappa shape index (κ1) is 8.02. The van der Waals surface area contributed by atoms with Gasteiger partial charge in [-0.25, -0.2) is 0 Å². The molecule has 0 aromatic carbocycles. The van der Waals surface area contributed by atoms with Crippen molar-refractivity contribution in [2.45, 2.75) is 51.4 Å². The molecule has 0 radical (unpaired) electrons. The molecule has 72 valence electrons. The average molecular weight is 178 g/mol. The summed E-state index contributed by atoms with van der Waals surface area (Å²) >= 11 is 0. The first-order valence-electron chi connectivity index (χ1n) is 5.84. The van der Waals surface area contributed by atoms with Crippen molar-refractivity contribution in [3.8, 4) is 0 Å². The highest BCUT2D eigenvalue weighted by Crippen LogP contribution is 2.58. The van der Waals surface area contributed by atoms with Crippen LogP contribution in [0, 0.1) is 17.3 Å². The molecule has 0 aromatic rings. The Balaban J connectivity index is 1.97. The maximum atomic E-state index is 12.0. The van der Waals surface area contributed by atoms with Crippen molar-refractivity contribution in [2.75, 3.05) is 0 Å². The molecule has 3 saturated carbocycles. The summed E-state index contributed by atoms with van der Waals surface area (Å²) in [5, 5.41) is 0. The largest absolute Gasteiger partial charge is 0.299 e. The molecule has 1 nitrogen and oxygen atoms in total. The number of carbonyl (C=O) groups excluding carboxylic acids is 1. The van der Waals surface area contributed by atoms with Crippen LogP contribution in [-0.4, -0.2) is 5.78 Å². The van der Waals surface area contributed by atoms with E-state index in [-0.39, 0.29) is 5.41 Å². The minimum Gasteiger partial charge on any atom is -0.299 e. The van der Waals surface area contributed by atoms with Gasteiger partial charge in [0.15, 0.2) is 0 Å². The van der Waals surface area contributed by atoms with Gasteiger partial charge in [0.25, 0.3) is 0 Å². The monoisotopic (exact) mass is 178 g/mol. The summed E-state index contributed by atoms with van der Waals surface area (Å²) in [5.74, 6) is 2.20. The molecule has 0 heterocycles. The molecule has 3 atom stereocenters. The minimum absolute atomic E-state index is 0.209. The molecule has 3 unspecified atom stereocenters. The van der Waals surface area contributed by atoms with E-state index < -0.39 is 0 Å². The zero-order valence-corrected chi connectivity index (χ0v) is 8.22. The molecular weight excluding hydrogens is 160 g/mol. The van der Waals surface area contributed by atoms with Crippen LogP contribution in [0.25, 0.3) is 0 Å². The van der Waals surface area contributed by atoms with E-state index in [1.807, 2.05) is 0 Å². The molecule has 0 aromatic heterocycles. The van der Waals surface area contributed by atoms with E-state index in [0.29, 0.717) is 5.78 Å². The van der Waals surface area contributed by atoms with Crippen molar-refractivity contribution in [2.24, 2.45) is 17.3 Å². The van der Waals surface area contributed by atoms with Crippen molar-refractivity contribution in [1.29, 1.82) is 0 Å². The number of carbonyl (C=O) groups is 1. The van der Waals surface area contributed by atoms with Crippen molar-refractivity contribution in [1.82, 2.24) is 0 Å². The van der Waals surface area contributed by atoms with E-state index in [0.717, 1.165) is 18.3 Å².